The number of hydrogen-bond acceptors (Lipinski definition) is 5. The number of nitrogens with zero attached hydrogens (tertiary/aromatic N) is 6. The van der Waals surface area contributed by atoms with Crippen LogP contribution < -0.4 is 4.90 Å². The van der Waals surface area contributed by atoms with Gasteiger partial charge in [-0.1, -0.05) is 0 Å². The fourth-order valence-corrected chi connectivity index (χ4v) is 3.81. The Balaban J connectivity index is 1.54. The van der Waals surface area contributed by atoms with Crippen molar-refractivity contribution in [1.82, 2.24) is 24.6 Å². The van der Waals surface area contributed by atoms with Crippen LogP contribution in [0.2, 0.25) is 0 Å². The molecule has 2 aromatic rings. The molecule has 0 aromatic carbocycles. The lowest BCUT2D eigenvalue weighted by atomic mass is 10.0. The van der Waals surface area contributed by atoms with E-state index in [2.05, 4.69) is 31.6 Å². The van der Waals surface area contributed by atoms with E-state index < -0.39 is 0 Å². The summed E-state index contributed by atoms with van der Waals surface area (Å²) in [5, 5.41) is 8.29. The van der Waals surface area contributed by atoms with Crippen LogP contribution >= 0.6 is 0 Å². The Morgan fingerprint density at radius 3 is 2.92 bits per heavy atom. The maximum Gasteiger partial charge on any atom is 0.254 e. The number of aromatic nitrogens is 4. The zero-order valence-corrected chi connectivity index (χ0v) is 14.9. The maximum atomic E-state index is 13.0. The smallest absolute Gasteiger partial charge is 0.254 e. The molecule has 0 aliphatic carbocycles. The highest BCUT2D eigenvalue weighted by Gasteiger charge is 2.26. The lowest BCUT2D eigenvalue weighted by Crippen LogP contribution is -2.39. The van der Waals surface area contributed by atoms with Gasteiger partial charge in [0, 0.05) is 37.4 Å². The van der Waals surface area contributed by atoms with Crippen molar-refractivity contribution in [2.45, 2.75) is 52.2 Å². The van der Waals surface area contributed by atoms with Gasteiger partial charge in [0.15, 0.2) is 5.82 Å². The van der Waals surface area contributed by atoms with Crippen LogP contribution in [0.15, 0.2) is 18.3 Å². The van der Waals surface area contributed by atoms with Crippen molar-refractivity contribution in [3.63, 3.8) is 0 Å². The van der Waals surface area contributed by atoms with E-state index in [0.717, 1.165) is 30.6 Å². The SMILES string of the molecule is Cc1nnc2n1CCN(C(=O)c1ccnc(N3CCCC[C@@H]3C)c1)C2. The molecule has 4 heterocycles. The minimum atomic E-state index is 0.0419. The average Bonchev–Trinajstić information content (AvgIpc) is 3.02. The summed E-state index contributed by atoms with van der Waals surface area (Å²) in [6.07, 6.45) is 5.39. The first-order valence-electron chi connectivity index (χ1n) is 9.04. The Kier molecular flexibility index (Phi) is 4.15. The number of anilines is 1. The third kappa shape index (κ3) is 2.99. The van der Waals surface area contributed by atoms with Gasteiger partial charge >= 0.3 is 0 Å². The van der Waals surface area contributed by atoms with Crippen LogP contribution in [0.4, 0.5) is 5.82 Å². The van der Waals surface area contributed by atoms with Crippen molar-refractivity contribution in [3.8, 4) is 0 Å². The maximum absolute atomic E-state index is 13.0. The molecule has 7 heteroatoms. The number of aryl methyl sites for hydroxylation is 1. The fraction of sp³-hybridized carbons (Fsp3) is 0.556. The molecule has 0 unspecified atom stereocenters. The average molecular weight is 340 g/mol. The highest BCUT2D eigenvalue weighted by molar-refractivity contribution is 5.94. The number of piperidine rings is 1. The molecule has 2 aliphatic rings. The van der Waals surface area contributed by atoms with Crippen LogP contribution in [-0.4, -0.2) is 49.7 Å². The van der Waals surface area contributed by atoms with Crippen molar-refractivity contribution < 1.29 is 4.79 Å². The predicted molar refractivity (Wildman–Crippen MR) is 94.4 cm³/mol. The molecule has 132 valence electrons. The molecule has 1 fully saturated rings. The summed E-state index contributed by atoms with van der Waals surface area (Å²) in [4.78, 5) is 21.6. The minimum absolute atomic E-state index is 0.0419. The summed E-state index contributed by atoms with van der Waals surface area (Å²) < 4.78 is 2.08. The Hall–Kier alpha value is -2.44. The molecule has 2 aliphatic heterocycles. The Labute approximate surface area is 147 Å². The normalized spacial score (nSPS) is 20.5. The lowest BCUT2D eigenvalue weighted by molar-refractivity contribution is 0.0706. The molecule has 7 nitrogen and oxygen atoms in total. The summed E-state index contributed by atoms with van der Waals surface area (Å²) in [7, 11) is 0. The first-order chi connectivity index (χ1) is 12.1. The van der Waals surface area contributed by atoms with Crippen LogP contribution in [0, 0.1) is 6.92 Å². The van der Waals surface area contributed by atoms with Crippen LogP contribution in [0.1, 0.15) is 48.2 Å². The Bertz CT molecular complexity index is 786. The van der Waals surface area contributed by atoms with Crippen molar-refractivity contribution >= 4 is 11.7 Å². The van der Waals surface area contributed by atoms with Crippen molar-refractivity contribution in [2.24, 2.45) is 0 Å². The molecule has 0 spiro atoms. The van der Waals surface area contributed by atoms with Gasteiger partial charge in [-0.05, 0) is 45.2 Å². The number of hydrogen-bond donors (Lipinski definition) is 0. The second-order valence-corrected chi connectivity index (χ2v) is 6.98. The standard InChI is InChI=1S/C18H24N6O/c1-13-5-3-4-8-23(13)16-11-15(6-7-19-16)18(25)22-9-10-24-14(2)20-21-17(24)12-22/h6-7,11,13H,3-5,8-10,12H2,1-2H3/t13-/m0/s1. The van der Waals surface area contributed by atoms with E-state index in [1.165, 1.54) is 19.3 Å². The fourth-order valence-electron chi connectivity index (χ4n) is 3.81. The number of pyridine rings is 1. The molecule has 0 radical (unpaired) electrons. The van der Waals surface area contributed by atoms with E-state index in [4.69, 9.17) is 0 Å². The second-order valence-electron chi connectivity index (χ2n) is 6.98. The van der Waals surface area contributed by atoms with Gasteiger partial charge in [0.25, 0.3) is 5.91 Å². The van der Waals surface area contributed by atoms with Gasteiger partial charge < -0.3 is 14.4 Å². The Morgan fingerprint density at radius 2 is 2.08 bits per heavy atom. The molecular formula is C18H24N6O. The summed E-state index contributed by atoms with van der Waals surface area (Å²) in [5.74, 6) is 2.72. The van der Waals surface area contributed by atoms with Crippen LogP contribution in [0.3, 0.4) is 0 Å². The van der Waals surface area contributed by atoms with Gasteiger partial charge in [0.2, 0.25) is 0 Å². The zero-order valence-electron chi connectivity index (χ0n) is 14.9. The summed E-state index contributed by atoms with van der Waals surface area (Å²) in [6, 6.07) is 4.22. The number of amides is 1. The monoisotopic (exact) mass is 340 g/mol. The van der Waals surface area contributed by atoms with Crippen molar-refractivity contribution in [2.75, 3.05) is 18.0 Å². The van der Waals surface area contributed by atoms with Crippen molar-refractivity contribution in [1.29, 1.82) is 0 Å². The highest BCUT2D eigenvalue weighted by Crippen LogP contribution is 2.24. The van der Waals surface area contributed by atoms with Crippen LogP contribution in [0.5, 0.6) is 0 Å². The molecule has 0 bridgehead atoms. The third-order valence-corrected chi connectivity index (χ3v) is 5.32. The van der Waals surface area contributed by atoms with Crippen LogP contribution in [0.25, 0.3) is 0 Å². The van der Waals surface area contributed by atoms with E-state index in [1.807, 2.05) is 24.0 Å². The molecule has 0 saturated carbocycles. The van der Waals surface area contributed by atoms with E-state index in [1.54, 1.807) is 6.20 Å². The molecule has 1 atom stereocenters. The first-order valence-corrected chi connectivity index (χ1v) is 9.04. The van der Waals surface area contributed by atoms with E-state index in [-0.39, 0.29) is 5.91 Å². The third-order valence-electron chi connectivity index (χ3n) is 5.32. The van der Waals surface area contributed by atoms with E-state index in [0.29, 0.717) is 24.7 Å². The molecular weight excluding hydrogens is 316 g/mol. The minimum Gasteiger partial charge on any atom is -0.354 e. The number of carbonyl (C=O) groups is 1. The van der Waals surface area contributed by atoms with Gasteiger partial charge in [0.05, 0.1) is 6.54 Å². The summed E-state index contributed by atoms with van der Waals surface area (Å²) in [5.41, 5.74) is 0.701. The largest absolute Gasteiger partial charge is 0.354 e. The van der Waals surface area contributed by atoms with E-state index in [9.17, 15) is 4.79 Å². The van der Waals surface area contributed by atoms with Gasteiger partial charge in [-0.3, -0.25) is 4.79 Å². The molecule has 2 aromatic heterocycles. The molecule has 1 saturated heterocycles. The highest BCUT2D eigenvalue weighted by atomic mass is 16.2. The summed E-state index contributed by atoms with van der Waals surface area (Å²) >= 11 is 0. The van der Waals surface area contributed by atoms with Gasteiger partial charge in [0.1, 0.15) is 11.6 Å². The topological polar surface area (TPSA) is 67.2 Å². The quantitative estimate of drug-likeness (QED) is 0.837. The molecule has 4 rings (SSSR count). The Morgan fingerprint density at radius 1 is 1.20 bits per heavy atom. The second kappa shape index (κ2) is 6.46. The van der Waals surface area contributed by atoms with Gasteiger partial charge in [-0.15, -0.1) is 10.2 Å². The number of carbonyl (C=O) groups excluding carboxylic acids is 1. The molecule has 0 N–H and O–H groups in total. The number of fused-ring (bicyclic) bond motifs is 1. The lowest BCUT2D eigenvalue weighted by Gasteiger charge is -2.34. The zero-order chi connectivity index (χ0) is 17.4. The predicted octanol–water partition coefficient (Wildman–Crippen LogP) is 2.02. The first kappa shape index (κ1) is 16.1. The van der Waals surface area contributed by atoms with Crippen LogP contribution in [-0.2, 0) is 13.1 Å². The van der Waals surface area contributed by atoms with Gasteiger partial charge in [-0.25, -0.2) is 4.98 Å². The number of rotatable bonds is 2. The van der Waals surface area contributed by atoms with Gasteiger partial charge in [-0.2, -0.15) is 0 Å². The molecule has 25 heavy (non-hydrogen) atoms. The summed E-state index contributed by atoms with van der Waals surface area (Å²) in [6.45, 7) is 7.14. The van der Waals surface area contributed by atoms with Crippen molar-refractivity contribution in [3.05, 3.63) is 35.5 Å². The van der Waals surface area contributed by atoms with E-state index >= 15 is 0 Å². The molecule has 1 amide bonds.